The van der Waals surface area contributed by atoms with Crippen molar-refractivity contribution in [3.63, 3.8) is 0 Å². The van der Waals surface area contributed by atoms with E-state index >= 15 is 0 Å². The van der Waals surface area contributed by atoms with Crippen LogP contribution in [0.1, 0.15) is 31.1 Å². The van der Waals surface area contributed by atoms with E-state index in [1.165, 1.54) is 0 Å². The van der Waals surface area contributed by atoms with Gasteiger partial charge in [-0.05, 0) is 32.9 Å². The third-order valence-corrected chi connectivity index (χ3v) is 3.19. The molecular formula is C11H12O2S. The first kappa shape index (κ1) is 9.59. The fraction of sp³-hybridized carbons (Fsp3) is 0.364. The van der Waals surface area contributed by atoms with Crippen LogP contribution in [-0.2, 0) is 0 Å². The molecule has 0 N–H and O–H groups in total. The summed E-state index contributed by atoms with van der Waals surface area (Å²) in [7, 11) is 0. The van der Waals surface area contributed by atoms with E-state index in [9.17, 15) is 4.79 Å². The number of fused-ring (bicyclic) bond motifs is 1. The Hall–Kier alpha value is -0.960. The summed E-state index contributed by atoms with van der Waals surface area (Å²) in [6.07, 6.45) is 0. The maximum absolute atomic E-state index is 11.1. The molecule has 0 saturated carbocycles. The van der Waals surface area contributed by atoms with Crippen molar-refractivity contribution >= 4 is 17.5 Å². The van der Waals surface area contributed by atoms with Gasteiger partial charge in [0.15, 0.2) is 10.7 Å². The first-order valence-corrected chi connectivity index (χ1v) is 5.33. The first-order valence-electron chi connectivity index (χ1n) is 4.51. The van der Waals surface area contributed by atoms with E-state index in [0.29, 0.717) is 5.56 Å². The average Bonchev–Trinajstić information content (AvgIpc) is 2.36. The van der Waals surface area contributed by atoms with Crippen LogP contribution in [0.3, 0.4) is 0 Å². The molecule has 0 radical (unpaired) electrons. The first-order chi connectivity index (χ1) is 6.48. The minimum Gasteiger partial charge on any atom is -0.476 e. The molecule has 0 bridgehead atoms. The number of carbonyl (C=O) groups excluding carboxylic acids is 1. The zero-order chi connectivity index (χ0) is 10.3. The molecule has 3 heteroatoms. The third kappa shape index (κ3) is 1.64. The molecule has 0 unspecified atom stereocenters. The quantitative estimate of drug-likeness (QED) is 0.663. The minimum absolute atomic E-state index is 0.0751. The number of hydrogen-bond donors (Lipinski definition) is 0. The predicted octanol–water partition coefficient (Wildman–Crippen LogP) is 3.11. The molecule has 0 fully saturated rings. The van der Waals surface area contributed by atoms with Crippen molar-refractivity contribution in [3.8, 4) is 5.75 Å². The molecule has 1 heterocycles. The smallest absolute Gasteiger partial charge is 0.159 e. The summed E-state index contributed by atoms with van der Waals surface area (Å²) in [4.78, 5) is 12.0. The lowest BCUT2D eigenvalue weighted by Gasteiger charge is -2.15. The van der Waals surface area contributed by atoms with Crippen LogP contribution < -0.4 is 4.74 Å². The summed E-state index contributed by atoms with van der Waals surface area (Å²) in [5.74, 6) is 0.902. The second-order valence-electron chi connectivity index (χ2n) is 3.82. The summed E-state index contributed by atoms with van der Waals surface area (Å²) in [5.41, 5.74) is 0.710. The van der Waals surface area contributed by atoms with Crippen molar-refractivity contribution in [2.75, 3.05) is 0 Å². The van der Waals surface area contributed by atoms with Crippen molar-refractivity contribution in [3.05, 3.63) is 23.8 Å². The predicted molar refractivity (Wildman–Crippen MR) is 57.0 cm³/mol. The fourth-order valence-corrected chi connectivity index (χ4v) is 2.44. The largest absolute Gasteiger partial charge is 0.476 e. The molecule has 1 aromatic carbocycles. The Morgan fingerprint density at radius 3 is 2.79 bits per heavy atom. The molecule has 2 nitrogen and oxygen atoms in total. The van der Waals surface area contributed by atoms with Crippen LogP contribution in [0.5, 0.6) is 5.75 Å². The standard InChI is InChI=1S/C11H12O2S/c1-7(12)8-4-5-10-9(6-8)13-11(2,3)14-10/h4-6H,1-3H3. The third-order valence-electron chi connectivity index (χ3n) is 2.06. The zero-order valence-electron chi connectivity index (χ0n) is 8.46. The lowest BCUT2D eigenvalue weighted by Crippen LogP contribution is -2.18. The minimum atomic E-state index is -0.211. The van der Waals surface area contributed by atoms with Crippen molar-refractivity contribution in [1.29, 1.82) is 0 Å². The van der Waals surface area contributed by atoms with E-state index in [0.717, 1.165) is 10.6 Å². The number of thioether (sulfide) groups is 1. The lowest BCUT2D eigenvalue weighted by molar-refractivity contribution is 0.101. The summed E-state index contributed by atoms with van der Waals surface area (Å²) < 4.78 is 5.70. The molecule has 1 aromatic rings. The Kier molecular flexibility index (Phi) is 2.07. The van der Waals surface area contributed by atoms with E-state index in [-0.39, 0.29) is 10.7 Å². The van der Waals surface area contributed by atoms with Gasteiger partial charge in [-0.1, -0.05) is 17.8 Å². The Bertz CT molecular complexity index is 396. The fourth-order valence-electron chi connectivity index (χ4n) is 1.44. The monoisotopic (exact) mass is 208 g/mol. The van der Waals surface area contributed by atoms with Crippen molar-refractivity contribution in [2.24, 2.45) is 0 Å². The van der Waals surface area contributed by atoms with Gasteiger partial charge in [0.1, 0.15) is 5.75 Å². The normalized spacial score (nSPS) is 17.4. The second-order valence-corrected chi connectivity index (χ2v) is 5.45. The highest BCUT2D eigenvalue weighted by Gasteiger charge is 2.31. The number of hydrogen-bond acceptors (Lipinski definition) is 3. The van der Waals surface area contributed by atoms with Gasteiger partial charge in [-0.25, -0.2) is 0 Å². The molecule has 74 valence electrons. The molecule has 0 aliphatic carbocycles. The molecule has 0 aromatic heterocycles. The highest BCUT2D eigenvalue weighted by atomic mass is 32.2. The van der Waals surface area contributed by atoms with Gasteiger partial charge in [0.25, 0.3) is 0 Å². The molecule has 0 spiro atoms. The van der Waals surface area contributed by atoms with Crippen LogP contribution in [0.15, 0.2) is 23.1 Å². The Labute approximate surface area is 87.6 Å². The van der Waals surface area contributed by atoms with Crippen LogP contribution in [-0.4, -0.2) is 10.7 Å². The highest BCUT2D eigenvalue weighted by Crippen LogP contribution is 2.47. The number of carbonyl (C=O) groups is 1. The van der Waals surface area contributed by atoms with E-state index in [1.807, 2.05) is 32.0 Å². The van der Waals surface area contributed by atoms with Gasteiger partial charge >= 0.3 is 0 Å². The number of rotatable bonds is 1. The van der Waals surface area contributed by atoms with E-state index in [4.69, 9.17) is 4.74 Å². The van der Waals surface area contributed by atoms with Gasteiger partial charge in [-0.3, -0.25) is 4.79 Å². The maximum atomic E-state index is 11.1. The van der Waals surface area contributed by atoms with Crippen LogP contribution in [0.2, 0.25) is 0 Å². The number of benzene rings is 1. The van der Waals surface area contributed by atoms with Gasteiger partial charge in [0, 0.05) is 5.56 Å². The summed E-state index contributed by atoms with van der Waals surface area (Å²) in [6, 6.07) is 5.61. The molecular weight excluding hydrogens is 196 g/mol. The van der Waals surface area contributed by atoms with Gasteiger partial charge in [-0.2, -0.15) is 0 Å². The van der Waals surface area contributed by atoms with Crippen LogP contribution >= 0.6 is 11.8 Å². The molecule has 14 heavy (non-hydrogen) atoms. The maximum Gasteiger partial charge on any atom is 0.159 e. The molecule has 0 amide bonds. The molecule has 0 atom stereocenters. The van der Waals surface area contributed by atoms with Crippen molar-refractivity contribution in [2.45, 2.75) is 30.6 Å². The Morgan fingerprint density at radius 2 is 2.14 bits per heavy atom. The van der Waals surface area contributed by atoms with Gasteiger partial charge in [-0.15, -0.1) is 0 Å². The van der Waals surface area contributed by atoms with Crippen LogP contribution in [0, 0.1) is 0 Å². The zero-order valence-corrected chi connectivity index (χ0v) is 9.27. The second kappa shape index (κ2) is 3.02. The van der Waals surface area contributed by atoms with Gasteiger partial charge in [0.05, 0.1) is 4.90 Å². The summed E-state index contributed by atoms with van der Waals surface area (Å²) in [6.45, 7) is 5.60. The van der Waals surface area contributed by atoms with E-state index in [2.05, 4.69) is 0 Å². The SMILES string of the molecule is CC(=O)c1ccc2c(c1)OC(C)(C)S2. The topological polar surface area (TPSA) is 26.3 Å². The van der Waals surface area contributed by atoms with Gasteiger partial charge < -0.3 is 4.74 Å². The number of ketones is 1. The van der Waals surface area contributed by atoms with E-state index < -0.39 is 0 Å². The Morgan fingerprint density at radius 1 is 1.43 bits per heavy atom. The molecule has 1 aliphatic heterocycles. The van der Waals surface area contributed by atoms with Crippen molar-refractivity contribution in [1.82, 2.24) is 0 Å². The molecule has 2 rings (SSSR count). The molecule has 0 saturated heterocycles. The van der Waals surface area contributed by atoms with Crippen LogP contribution in [0.4, 0.5) is 0 Å². The highest BCUT2D eigenvalue weighted by molar-refractivity contribution is 8.00. The average molecular weight is 208 g/mol. The number of Topliss-reactive ketones (excluding diaryl/α,β-unsaturated/α-hetero) is 1. The van der Waals surface area contributed by atoms with Gasteiger partial charge in [0.2, 0.25) is 0 Å². The van der Waals surface area contributed by atoms with Crippen LogP contribution in [0.25, 0.3) is 0 Å². The summed E-state index contributed by atoms with van der Waals surface area (Å²) in [5, 5.41) is 0. The Balaban J connectivity index is 2.40. The van der Waals surface area contributed by atoms with Crippen molar-refractivity contribution < 1.29 is 9.53 Å². The molecule has 1 aliphatic rings. The lowest BCUT2D eigenvalue weighted by atomic mass is 10.1. The summed E-state index contributed by atoms with van der Waals surface area (Å²) >= 11 is 1.68. The number of ether oxygens (including phenoxy) is 1. The van der Waals surface area contributed by atoms with E-state index in [1.54, 1.807) is 18.7 Å².